The van der Waals surface area contributed by atoms with Crippen molar-refractivity contribution >= 4 is 0 Å². The van der Waals surface area contributed by atoms with E-state index in [0.29, 0.717) is 0 Å². The summed E-state index contributed by atoms with van der Waals surface area (Å²) < 4.78 is 0. The molecule has 0 aromatic heterocycles. The lowest BCUT2D eigenvalue weighted by atomic mass is 9.95. The Morgan fingerprint density at radius 3 is 2.70 bits per heavy atom. The number of hydrogen-bond acceptors (Lipinski definition) is 0. The van der Waals surface area contributed by atoms with Crippen LogP contribution in [-0.2, 0) is 0 Å². The third-order valence-corrected chi connectivity index (χ3v) is 2.20. The van der Waals surface area contributed by atoms with Crippen molar-refractivity contribution in [1.82, 2.24) is 0 Å². The van der Waals surface area contributed by atoms with Gasteiger partial charge in [0.15, 0.2) is 0 Å². The van der Waals surface area contributed by atoms with Crippen LogP contribution in [0.25, 0.3) is 0 Å². The van der Waals surface area contributed by atoms with Crippen LogP contribution in [0.1, 0.15) is 39.0 Å². The molecule has 1 fully saturated rings. The molecule has 1 aliphatic rings. The minimum absolute atomic E-state index is 0.891. The quantitative estimate of drug-likeness (QED) is 0.510. The SMILES string of the molecule is C=CCC(CCC)[C]1CC1. The van der Waals surface area contributed by atoms with Crippen molar-refractivity contribution in [3.05, 3.63) is 18.6 Å². The van der Waals surface area contributed by atoms with Crippen LogP contribution in [0.2, 0.25) is 0 Å². The van der Waals surface area contributed by atoms with Crippen molar-refractivity contribution in [1.29, 1.82) is 0 Å². The van der Waals surface area contributed by atoms with Gasteiger partial charge in [0.05, 0.1) is 0 Å². The lowest BCUT2D eigenvalue weighted by molar-refractivity contribution is 0.539. The molecule has 0 aliphatic heterocycles. The topological polar surface area (TPSA) is 0 Å². The van der Waals surface area contributed by atoms with Crippen molar-refractivity contribution in [3.63, 3.8) is 0 Å². The van der Waals surface area contributed by atoms with Gasteiger partial charge < -0.3 is 0 Å². The molecular formula is C10H17. The van der Waals surface area contributed by atoms with Gasteiger partial charge in [-0.3, -0.25) is 0 Å². The van der Waals surface area contributed by atoms with E-state index in [1.54, 1.807) is 5.92 Å². The lowest BCUT2D eigenvalue weighted by Crippen LogP contribution is -1.98. The first-order valence-corrected chi connectivity index (χ1v) is 4.34. The van der Waals surface area contributed by atoms with Gasteiger partial charge in [-0.05, 0) is 37.5 Å². The Kier molecular flexibility index (Phi) is 2.98. The fraction of sp³-hybridized carbons (Fsp3) is 0.700. The first-order chi connectivity index (χ1) is 4.88. The van der Waals surface area contributed by atoms with Crippen LogP contribution in [0.15, 0.2) is 12.7 Å². The van der Waals surface area contributed by atoms with Crippen molar-refractivity contribution < 1.29 is 0 Å². The molecule has 0 bridgehead atoms. The fourth-order valence-corrected chi connectivity index (χ4v) is 1.52. The van der Waals surface area contributed by atoms with E-state index in [0.717, 1.165) is 5.92 Å². The van der Waals surface area contributed by atoms with E-state index >= 15 is 0 Å². The molecule has 0 heterocycles. The maximum Gasteiger partial charge on any atom is -0.0207 e. The predicted molar refractivity (Wildman–Crippen MR) is 45.7 cm³/mol. The average Bonchev–Trinajstić information content (AvgIpc) is 2.69. The lowest BCUT2D eigenvalue weighted by Gasteiger charge is -2.10. The second kappa shape index (κ2) is 3.80. The van der Waals surface area contributed by atoms with Gasteiger partial charge in [0.1, 0.15) is 0 Å². The van der Waals surface area contributed by atoms with Gasteiger partial charge in [0.2, 0.25) is 0 Å². The molecule has 0 nitrogen and oxygen atoms in total. The minimum Gasteiger partial charge on any atom is -0.103 e. The number of rotatable bonds is 5. The average molecular weight is 137 g/mol. The second-order valence-corrected chi connectivity index (χ2v) is 3.17. The van der Waals surface area contributed by atoms with E-state index in [-0.39, 0.29) is 0 Å². The van der Waals surface area contributed by atoms with Gasteiger partial charge in [-0.1, -0.05) is 19.4 Å². The van der Waals surface area contributed by atoms with Gasteiger partial charge >= 0.3 is 0 Å². The zero-order chi connectivity index (χ0) is 7.40. The van der Waals surface area contributed by atoms with E-state index in [4.69, 9.17) is 0 Å². The van der Waals surface area contributed by atoms with Gasteiger partial charge in [-0.2, -0.15) is 0 Å². The molecule has 1 radical (unpaired) electrons. The molecule has 0 aromatic carbocycles. The van der Waals surface area contributed by atoms with E-state index in [1.807, 2.05) is 0 Å². The van der Waals surface area contributed by atoms with Crippen molar-refractivity contribution in [2.45, 2.75) is 39.0 Å². The first kappa shape index (κ1) is 7.84. The van der Waals surface area contributed by atoms with Gasteiger partial charge in [-0.15, -0.1) is 6.58 Å². The molecule has 0 N–H and O–H groups in total. The third kappa shape index (κ3) is 2.17. The monoisotopic (exact) mass is 137 g/mol. The molecule has 0 spiro atoms. The molecule has 1 saturated carbocycles. The van der Waals surface area contributed by atoms with Crippen LogP contribution in [-0.4, -0.2) is 0 Å². The molecule has 10 heavy (non-hydrogen) atoms. The van der Waals surface area contributed by atoms with Crippen LogP contribution in [0.3, 0.4) is 0 Å². The molecule has 57 valence electrons. The van der Waals surface area contributed by atoms with Crippen molar-refractivity contribution in [2.24, 2.45) is 5.92 Å². The molecule has 1 atom stereocenters. The highest BCUT2D eigenvalue weighted by Crippen LogP contribution is 2.43. The van der Waals surface area contributed by atoms with E-state index in [1.165, 1.54) is 32.1 Å². The van der Waals surface area contributed by atoms with E-state index in [2.05, 4.69) is 19.6 Å². The van der Waals surface area contributed by atoms with E-state index in [9.17, 15) is 0 Å². The van der Waals surface area contributed by atoms with Crippen LogP contribution >= 0.6 is 0 Å². The first-order valence-electron chi connectivity index (χ1n) is 4.34. The fourth-order valence-electron chi connectivity index (χ4n) is 1.52. The maximum atomic E-state index is 3.78. The molecule has 0 saturated heterocycles. The summed E-state index contributed by atoms with van der Waals surface area (Å²) in [5.74, 6) is 2.68. The summed E-state index contributed by atoms with van der Waals surface area (Å²) in [7, 11) is 0. The van der Waals surface area contributed by atoms with Gasteiger partial charge in [0.25, 0.3) is 0 Å². The van der Waals surface area contributed by atoms with Crippen LogP contribution in [0.5, 0.6) is 0 Å². The molecular weight excluding hydrogens is 120 g/mol. The zero-order valence-electron chi connectivity index (χ0n) is 6.90. The summed E-state index contributed by atoms with van der Waals surface area (Å²) in [4.78, 5) is 0. The van der Waals surface area contributed by atoms with Crippen LogP contribution < -0.4 is 0 Å². The largest absolute Gasteiger partial charge is 0.103 e. The molecule has 0 aromatic rings. The predicted octanol–water partition coefficient (Wildman–Crippen LogP) is 3.35. The zero-order valence-corrected chi connectivity index (χ0v) is 6.90. The minimum atomic E-state index is 0.891. The Morgan fingerprint density at radius 2 is 2.30 bits per heavy atom. The molecule has 1 aliphatic carbocycles. The summed E-state index contributed by atoms with van der Waals surface area (Å²) in [6.45, 7) is 6.04. The van der Waals surface area contributed by atoms with Crippen molar-refractivity contribution in [3.8, 4) is 0 Å². The Morgan fingerprint density at radius 1 is 1.60 bits per heavy atom. The Labute approximate surface area is 64.3 Å². The Hall–Kier alpha value is -0.260. The summed E-state index contributed by atoms with van der Waals surface area (Å²) in [6.07, 6.45) is 8.77. The highest BCUT2D eigenvalue weighted by molar-refractivity contribution is 5.10. The van der Waals surface area contributed by atoms with Crippen LogP contribution in [0.4, 0.5) is 0 Å². The molecule has 1 unspecified atom stereocenters. The van der Waals surface area contributed by atoms with Gasteiger partial charge in [-0.25, -0.2) is 0 Å². The molecule has 0 amide bonds. The van der Waals surface area contributed by atoms with Crippen molar-refractivity contribution in [2.75, 3.05) is 0 Å². The summed E-state index contributed by atoms with van der Waals surface area (Å²) in [5.41, 5.74) is 0. The third-order valence-electron chi connectivity index (χ3n) is 2.20. The standard InChI is InChI=1S/C10H17/c1-3-5-9(6-4-2)10-7-8-10/h3,9H,1,4-8H2,2H3. The summed E-state index contributed by atoms with van der Waals surface area (Å²) in [5, 5.41) is 0. The molecule has 1 rings (SSSR count). The number of allylic oxidation sites excluding steroid dienone is 1. The highest BCUT2D eigenvalue weighted by atomic mass is 14.3. The second-order valence-electron chi connectivity index (χ2n) is 3.17. The highest BCUT2D eigenvalue weighted by Gasteiger charge is 2.29. The maximum absolute atomic E-state index is 3.78. The number of hydrogen-bond donors (Lipinski definition) is 0. The normalized spacial score (nSPS) is 20.5. The smallest absolute Gasteiger partial charge is 0.0207 e. The summed E-state index contributed by atoms with van der Waals surface area (Å²) in [6, 6.07) is 0. The van der Waals surface area contributed by atoms with Gasteiger partial charge in [0, 0.05) is 0 Å². The summed E-state index contributed by atoms with van der Waals surface area (Å²) >= 11 is 0. The Bertz CT molecular complexity index is 101. The Balaban J connectivity index is 2.19. The van der Waals surface area contributed by atoms with E-state index < -0.39 is 0 Å². The van der Waals surface area contributed by atoms with Crippen LogP contribution in [0, 0.1) is 11.8 Å². The molecule has 0 heteroatoms.